The average molecular weight is 249 g/mol. The Bertz CT molecular complexity index is 350. The van der Waals surface area contributed by atoms with E-state index in [9.17, 15) is 5.11 Å². The highest BCUT2D eigenvalue weighted by atomic mass is 16.3. The number of benzene rings is 1. The maximum absolute atomic E-state index is 9.26. The fourth-order valence-electron chi connectivity index (χ4n) is 2.79. The van der Waals surface area contributed by atoms with Crippen LogP contribution in [-0.2, 0) is 13.2 Å². The SMILES string of the molecule is OCc1ccc(CNCC2CCCC2CO)cc1. The van der Waals surface area contributed by atoms with Gasteiger partial charge in [-0.25, -0.2) is 0 Å². The quantitative estimate of drug-likeness (QED) is 0.719. The van der Waals surface area contributed by atoms with Crippen LogP contribution < -0.4 is 5.32 Å². The van der Waals surface area contributed by atoms with Crippen molar-refractivity contribution in [1.29, 1.82) is 0 Å². The Kier molecular flexibility index (Phi) is 5.17. The Morgan fingerprint density at radius 1 is 1.00 bits per heavy atom. The highest BCUT2D eigenvalue weighted by Gasteiger charge is 2.25. The van der Waals surface area contributed by atoms with E-state index in [1.807, 2.05) is 12.1 Å². The molecule has 1 aliphatic rings. The molecule has 0 saturated heterocycles. The fourth-order valence-corrected chi connectivity index (χ4v) is 2.79. The second kappa shape index (κ2) is 6.88. The monoisotopic (exact) mass is 249 g/mol. The summed E-state index contributed by atoms with van der Waals surface area (Å²) in [6.45, 7) is 2.29. The summed E-state index contributed by atoms with van der Waals surface area (Å²) in [5.74, 6) is 1.13. The predicted molar refractivity (Wildman–Crippen MR) is 72.0 cm³/mol. The first-order valence-corrected chi connectivity index (χ1v) is 6.83. The third-order valence-electron chi connectivity index (χ3n) is 3.99. The van der Waals surface area contributed by atoms with Crippen LogP contribution in [0.15, 0.2) is 24.3 Å². The van der Waals surface area contributed by atoms with Crippen molar-refractivity contribution >= 4 is 0 Å². The standard InChI is InChI=1S/C15H23NO2/c17-10-13-6-4-12(5-7-13)8-16-9-14-2-1-3-15(14)11-18/h4-7,14-18H,1-3,8-11H2. The van der Waals surface area contributed by atoms with Crippen LogP contribution in [0.1, 0.15) is 30.4 Å². The van der Waals surface area contributed by atoms with Crippen molar-refractivity contribution in [3.8, 4) is 0 Å². The maximum Gasteiger partial charge on any atom is 0.0681 e. The zero-order valence-corrected chi connectivity index (χ0v) is 10.8. The molecule has 0 aromatic heterocycles. The lowest BCUT2D eigenvalue weighted by Crippen LogP contribution is -2.26. The average Bonchev–Trinajstić information content (AvgIpc) is 2.87. The van der Waals surface area contributed by atoms with Gasteiger partial charge in [-0.15, -0.1) is 0 Å². The van der Waals surface area contributed by atoms with Gasteiger partial charge >= 0.3 is 0 Å². The Morgan fingerprint density at radius 3 is 2.33 bits per heavy atom. The van der Waals surface area contributed by atoms with Crippen LogP contribution in [0.3, 0.4) is 0 Å². The van der Waals surface area contributed by atoms with E-state index in [-0.39, 0.29) is 6.61 Å². The summed E-state index contributed by atoms with van der Waals surface area (Å²) in [5, 5.41) is 21.7. The molecule has 0 bridgehead atoms. The van der Waals surface area contributed by atoms with Crippen molar-refractivity contribution in [3.05, 3.63) is 35.4 Å². The molecule has 2 atom stereocenters. The lowest BCUT2D eigenvalue weighted by atomic mass is 9.97. The van der Waals surface area contributed by atoms with Gasteiger partial charge in [0.25, 0.3) is 0 Å². The zero-order chi connectivity index (χ0) is 12.8. The molecule has 1 saturated carbocycles. The first-order valence-electron chi connectivity index (χ1n) is 6.83. The molecular weight excluding hydrogens is 226 g/mol. The first-order chi connectivity index (χ1) is 8.83. The number of hydrogen-bond donors (Lipinski definition) is 3. The molecule has 0 amide bonds. The molecule has 0 aliphatic heterocycles. The van der Waals surface area contributed by atoms with Crippen molar-refractivity contribution in [2.45, 2.75) is 32.4 Å². The number of rotatable bonds is 6. The van der Waals surface area contributed by atoms with Crippen LogP contribution in [0, 0.1) is 11.8 Å². The number of aliphatic hydroxyl groups is 2. The van der Waals surface area contributed by atoms with Gasteiger partial charge in [0, 0.05) is 13.2 Å². The fraction of sp³-hybridized carbons (Fsp3) is 0.600. The molecule has 1 aromatic rings. The Hall–Kier alpha value is -0.900. The highest BCUT2D eigenvalue weighted by Crippen LogP contribution is 2.30. The molecule has 0 spiro atoms. The molecule has 1 aliphatic carbocycles. The first kappa shape index (κ1) is 13.5. The summed E-state index contributed by atoms with van der Waals surface area (Å²) in [6.07, 6.45) is 3.67. The van der Waals surface area contributed by atoms with E-state index in [1.165, 1.54) is 24.8 Å². The molecule has 3 heteroatoms. The van der Waals surface area contributed by atoms with Crippen LogP contribution >= 0.6 is 0 Å². The van der Waals surface area contributed by atoms with Crippen LogP contribution in [0.5, 0.6) is 0 Å². The van der Waals surface area contributed by atoms with Crippen molar-refractivity contribution < 1.29 is 10.2 Å². The minimum Gasteiger partial charge on any atom is -0.396 e. The van der Waals surface area contributed by atoms with Crippen LogP contribution in [0.25, 0.3) is 0 Å². The minimum absolute atomic E-state index is 0.105. The third kappa shape index (κ3) is 3.55. The Balaban J connectivity index is 1.74. The third-order valence-corrected chi connectivity index (χ3v) is 3.99. The zero-order valence-electron chi connectivity index (χ0n) is 10.8. The highest BCUT2D eigenvalue weighted by molar-refractivity contribution is 5.21. The summed E-state index contributed by atoms with van der Waals surface area (Å²) in [5.41, 5.74) is 2.20. The molecule has 2 unspecified atom stereocenters. The van der Waals surface area contributed by atoms with Crippen LogP contribution in [-0.4, -0.2) is 23.4 Å². The summed E-state index contributed by atoms with van der Waals surface area (Å²) in [6, 6.07) is 8.03. The van der Waals surface area contributed by atoms with Gasteiger partial charge in [0.2, 0.25) is 0 Å². The molecule has 1 aromatic carbocycles. The lowest BCUT2D eigenvalue weighted by molar-refractivity contribution is 0.192. The van der Waals surface area contributed by atoms with E-state index in [0.29, 0.717) is 18.4 Å². The van der Waals surface area contributed by atoms with Gasteiger partial charge < -0.3 is 15.5 Å². The summed E-state index contributed by atoms with van der Waals surface area (Å²) < 4.78 is 0. The van der Waals surface area contributed by atoms with Crippen molar-refractivity contribution in [1.82, 2.24) is 5.32 Å². The van der Waals surface area contributed by atoms with Gasteiger partial charge in [-0.1, -0.05) is 30.7 Å². The molecule has 0 heterocycles. The normalized spacial score (nSPS) is 23.4. The van der Waals surface area contributed by atoms with Gasteiger partial charge in [0.1, 0.15) is 0 Å². The molecule has 2 rings (SSSR count). The maximum atomic E-state index is 9.26. The molecule has 0 radical (unpaired) electrons. The second-order valence-corrected chi connectivity index (χ2v) is 5.24. The Morgan fingerprint density at radius 2 is 1.67 bits per heavy atom. The van der Waals surface area contributed by atoms with Gasteiger partial charge in [-0.2, -0.15) is 0 Å². The molecular formula is C15H23NO2. The number of aliphatic hydroxyl groups excluding tert-OH is 2. The van der Waals surface area contributed by atoms with Crippen LogP contribution in [0.2, 0.25) is 0 Å². The summed E-state index contributed by atoms with van der Waals surface area (Å²) in [7, 11) is 0. The second-order valence-electron chi connectivity index (χ2n) is 5.24. The van der Waals surface area contributed by atoms with E-state index < -0.39 is 0 Å². The molecule has 3 N–H and O–H groups in total. The predicted octanol–water partition coefficient (Wildman–Crippen LogP) is 1.68. The number of nitrogens with one attached hydrogen (secondary N) is 1. The van der Waals surface area contributed by atoms with E-state index in [2.05, 4.69) is 17.4 Å². The molecule has 100 valence electrons. The molecule has 3 nitrogen and oxygen atoms in total. The Labute approximate surface area is 109 Å². The molecule has 18 heavy (non-hydrogen) atoms. The van der Waals surface area contributed by atoms with Crippen molar-refractivity contribution in [3.63, 3.8) is 0 Å². The van der Waals surface area contributed by atoms with E-state index >= 15 is 0 Å². The van der Waals surface area contributed by atoms with Gasteiger partial charge in [-0.3, -0.25) is 0 Å². The minimum atomic E-state index is 0.105. The summed E-state index contributed by atoms with van der Waals surface area (Å²) >= 11 is 0. The number of hydrogen-bond acceptors (Lipinski definition) is 3. The largest absolute Gasteiger partial charge is 0.396 e. The van der Waals surface area contributed by atoms with Crippen molar-refractivity contribution in [2.75, 3.05) is 13.2 Å². The van der Waals surface area contributed by atoms with E-state index in [0.717, 1.165) is 18.7 Å². The lowest BCUT2D eigenvalue weighted by Gasteiger charge is -2.17. The van der Waals surface area contributed by atoms with Gasteiger partial charge in [-0.05, 0) is 42.3 Å². The van der Waals surface area contributed by atoms with E-state index in [4.69, 9.17) is 5.11 Å². The summed E-state index contributed by atoms with van der Waals surface area (Å²) in [4.78, 5) is 0. The van der Waals surface area contributed by atoms with Gasteiger partial charge in [0.15, 0.2) is 0 Å². The van der Waals surface area contributed by atoms with E-state index in [1.54, 1.807) is 0 Å². The van der Waals surface area contributed by atoms with Crippen LogP contribution in [0.4, 0.5) is 0 Å². The topological polar surface area (TPSA) is 52.5 Å². The van der Waals surface area contributed by atoms with Gasteiger partial charge in [0.05, 0.1) is 6.61 Å². The smallest absolute Gasteiger partial charge is 0.0681 e. The molecule has 1 fully saturated rings. The van der Waals surface area contributed by atoms with Crippen molar-refractivity contribution in [2.24, 2.45) is 11.8 Å².